The van der Waals surface area contributed by atoms with Crippen LogP contribution < -0.4 is 15.0 Å². The molecule has 8 nitrogen and oxygen atoms in total. The van der Waals surface area contributed by atoms with E-state index in [0.717, 1.165) is 0 Å². The molecule has 0 aromatic heterocycles. The number of benzene rings is 2. The Kier molecular flexibility index (Phi) is 5.27. The lowest BCUT2D eigenvalue weighted by Crippen LogP contribution is -2.28. The maximum absolute atomic E-state index is 12.6. The maximum Gasteiger partial charge on any atom is 0.269 e. The van der Waals surface area contributed by atoms with Crippen molar-refractivity contribution >= 4 is 40.5 Å². The summed E-state index contributed by atoms with van der Waals surface area (Å²) in [7, 11) is 1.48. The van der Waals surface area contributed by atoms with E-state index in [2.05, 4.69) is 5.32 Å². The first-order valence-electron chi connectivity index (χ1n) is 8.08. The lowest BCUT2D eigenvalue weighted by molar-refractivity contribution is -0.384. The van der Waals surface area contributed by atoms with Crippen LogP contribution in [-0.4, -0.2) is 30.4 Å². The number of carbonyl (C=O) groups excluding carboxylic acids is 2. The number of rotatable bonds is 5. The molecule has 1 aliphatic heterocycles. The second-order valence-corrected chi connectivity index (χ2v) is 6.45. The number of nitrogens with one attached hydrogen (secondary N) is 1. The van der Waals surface area contributed by atoms with E-state index in [1.165, 1.54) is 36.3 Å². The minimum atomic E-state index is -0.559. The Morgan fingerprint density at radius 1 is 1.30 bits per heavy atom. The fraction of sp³-hybridized carbons (Fsp3) is 0.222. The maximum atomic E-state index is 12.6. The number of ether oxygens (including phenoxy) is 1. The second-order valence-electron chi connectivity index (χ2n) is 6.01. The molecular weight excluding hydrogens is 374 g/mol. The highest BCUT2D eigenvalue weighted by molar-refractivity contribution is 6.31. The van der Waals surface area contributed by atoms with E-state index < -0.39 is 10.8 Å². The van der Waals surface area contributed by atoms with Crippen molar-refractivity contribution in [2.75, 3.05) is 23.9 Å². The van der Waals surface area contributed by atoms with Crippen LogP contribution in [0.4, 0.5) is 17.1 Å². The van der Waals surface area contributed by atoms with Crippen LogP contribution >= 0.6 is 11.6 Å². The lowest BCUT2D eigenvalue weighted by atomic mass is 10.1. The van der Waals surface area contributed by atoms with Gasteiger partial charge in [-0.25, -0.2) is 0 Å². The van der Waals surface area contributed by atoms with Gasteiger partial charge < -0.3 is 15.0 Å². The first-order chi connectivity index (χ1) is 12.9. The van der Waals surface area contributed by atoms with Gasteiger partial charge in [-0.3, -0.25) is 19.7 Å². The van der Waals surface area contributed by atoms with Crippen LogP contribution in [0.5, 0.6) is 5.75 Å². The van der Waals surface area contributed by atoms with Gasteiger partial charge in [0.15, 0.2) is 0 Å². The summed E-state index contributed by atoms with van der Waals surface area (Å²) in [6.45, 7) is 0.186. The van der Waals surface area contributed by atoms with Crippen molar-refractivity contribution in [3.63, 3.8) is 0 Å². The zero-order valence-electron chi connectivity index (χ0n) is 14.3. The molecule has 27 heavy (non-hydrogen) atoms. The summed E-state index contributed by atoms with van der Waals surface area (Å²) >= 11 is 5.96. The average molecular weight is 390 g/mol. The average Bonchev–Trinajstić information content (AvgIpc) is 3.04. The topological polar surface area (TPSA) is 102 Å². The minimum absolute atomic E-state index is 0.0473. The van der Waals surface area contributed by atoms with E-state index in [1.54, 1.807) is 18.2 Å². The quantitative estimate of drug-likeness (QED) is 0.624. The van der Waals surface area contributed by atoms with E-state index in [9.17, 15) is 19.7 Å². The number of carbonyl (C=O) groups is 2. The first-order valence-corrected chi connectivity index (χ1v) is 8.46. The number of non-ortho nitro benzene ring substituents is 1. The van der Waals surface area contributed by atoms with Crippen LogP contribution in [0.2, 0.25) is 5.02 Å². The number of nitrogens with zero attached hydrogens (tertiary/aromatic N) is 2. The molecule has 2 aromatic carbocycles. The Bertz CT molecular complexity index is 900. The zero-order chi connectivity index (χ0) is 19.6. The van der Waals surface area contributed by atoms with Crippen molar-refractivity contribution < 1.29 is 19.2 Å². The largest absolute Gasteiger partial charge is 0.495 e. The third-order valence-corrected chi connectivity index (χ3v) is 4.52. The summed E-state index contributed by atoms with van der Waals surface area (Å²) in [5, 5.41) is 13.9. The number of anilines is 2. The summed E-state index contributed by atoms with van der Waals surface area (Å²) in [6, 6.07) is 10.5. The minimum Gasteiger partial charge on any atom is -0.495 e. The molecule has 1 N–H and O–H groups in total. The van der Waals surface area contributed by atoms with Gasteiger partial charge in [-0.15, -0.1) is 0 Å². The number of amides is 2. The Balaban J connectivity index is 1.72. The molecule has 1 fully saturated rings. The van der Waals surface area contributed by atoms with Gasteiger partial charge in [0, 0.05) is 35.8 Å². The molecule has 140 valence electrons. The molecule has 3 rings (SSSR count). The number of nitro benzene ring substituents is 1. The monoisotopic (exact) mass is 389 g/mol. The number of hydrogen-bond donors (Lipinski definition) is 1. The number of methoxy groups -OCH3 is 1. The third kappa shape index (κ3) is 4.01. The van der Waals surface area contributed by atoms with E-state index in [-0.39, 0.29) is 30.5 Å². The van der Waals surface area contributed by atoms with Crippen molar-refractivity contribution in [3.8, 4) is 5.75 Å². The van der Waals surface area contributed by atoms with Gasteiger partial charge in [0.05, 0.1) is 23.6 Å². The van der Waals surface area contributed by atoms with Crippen molar-refractivity contribution in [2.24, 2.45) is 5.92 Å². The van der Waals surface area contributed by atoms with Gasteiger partial charge in [0.25, 0.3) is 5.69 Å². The van der Waals surface area contributed by atoms with Crippen molar-refractivity contribution in [1.82, 2.24) is 0 Å². The number of halogens is 1. The van der Waals surface area contributed by atoms with Crippen LogP contribution in [0.3, 0.4) is 0 Å². The molecule has 0 aliphatic carbocycles. The summed E-state index contributed by atoms with van der Waals surface area (Å²) in [5.41, 5.74) is 0.880. The van der Waals surface area contributed by atoms with E-state index in [4.69, 9.17) is 16.3 Å². The molecular formula is C18H16ClN3O5. The Morgan fingerprint density at radius 2 is 2.00 bits per heavy atom. The zero-order valence-corrected chi connectivity index (χ0v) is 15.1. The molecule has 0 unspecified atom stereocenters. The molecule has 1 saturated heterocycles. The molecule has 1 atom stereocenters. The van der Waals surface area contributed by atoms with E-state index in [0.29, 0.717) is 22.1 Å². The first kappa shape index (κ1) is 18.7. The van der Waals surface area contributed by atoms with Gasteiger partial charge in [-0.05, 0) is 30.3 Å². The Labute approximate surface area is 159 Å². The van der Waals surface area contributed by atoms with E-state index >= 15 is 0 Å². The molecule has 0 spiro atoms. The standard InChI is InChI=1S/C18H16ClN3O5/c1-27-16-7-2-12(19)9-15(16)20-18(24)11-8-17(23)21(10-11)13-3-5-14(6-4-13)22(25)26/h2-7,9,11H,8,10H2,1H3,(H,20,24)/t11-/m1/s1. The Morgan fingerprint density at radius 3 is 2.63 bits per heavy atom. The van der Waals surface area contributed by atoms with Gasteiger partial charge >= 0.3 is 0 Å². The number of hydrogen-bond acceptors (Lipinski definition) is 5. The fourth-order valence-electron chi connectivity index (χ4n) is 2.90. The normalized spacial score (nSPS) is 16.3. The van der Waals surface area contributed by atoms with Crippen LogP contribution in [0, 0.1) is 16.0 Å². The second kappa shape index (κ2) is 7.63. The predicted molar refractivity (Wildman–Crippen MR) is 100 cm³/mol. The highest BCUT2D eigenvalue weighted by Gasteiger charge is 2.35. The molecule has 1 heterocycles. The highest BCUT2D eigenvalue weighted by Crippen LogP contribution is 2.31. The smallest absolute Gasteiger partial charge is 0.269 e. The summed E-state index contributed by atoms with van der Waals surface area (Å²) in [6.07, 6.45) is 0.0473. The van der Waals surface area contributed by atoms with Crippen molar-refractivity contribution in [1.29, 1.82) is 0 Å². The SMILES string of the molecule is COc1ccc(Cl)cc1NC(=O)[C@@H]1CC(=O)N(c2ccc([N+](=O)[O-])cc2)C1. The summed E-state index contributed by atoms with van der Waals surface area (Å²) < 4.78 is 5.20. The van der Waals surface area contributed by atoms with Crippen LogP contribution in [0.15, 0.2) is 42.5 Å². The van der Waals surface area contributed by atoms with Crippen molar-refractivity contribution in [2.45, 2.75) is 6.42 Å². The van der Waals surface area contributed by atoms with Crippen LogP contribution in [0.25, 0.3) is 0 Å². The molecule has 9 heteroatoms. The van der Waals surface area contributed by atoms with Gasteiger partial charge in [0.1, 0.15) is 5.75 Å². The van der Waals surface area contributed by atoms with Crippen molar-refractivity contribution in [3.05, 3.63) is 57.6 Å². The van der Waals surface area contributed by atoms with Crippen LogP contribution in [0.1, 0.15) is 6.42 Å². The molecule has 2 aromatic rings. The fourth-order valence-corrected chi connectivity index (χ4v) is 3.07. The third-order valence-electron chi connectivity index (χ3n) is 4.29. The van der Waals surface area contributed by atoms with E-state index in [1.807, 2.05) is 0 Å². The molecule has 2 amide bonds. The molecule has 0 saturated carbocycles. The van der Waals surface area contributed by atoms with Gasteiger partial charge in [-0.2, -0.15) is 0 Å². The summed E-state index contributed by atoms with van der Waals surface area (Å²) in [4.78, 5) is 36.6. The number of nitro groups is 1. The van der Waals surface area contributed by atoms with Gasteiger partial charge in [-0.1, -0.05) is 11.6 Å². The van der Waals surface area contributed by atoms with Gasteiger partial charge in [0.2, 0.25) is 11.8 Å². The lowest BCUT2D eigenvalue weighted by Gasteiger charge is -2.17. The summed E-state index contributed by atoms with van der Waals surface area (Å²) in [5.74, 6) is -0.643. The Hall–Kier alpha value is -3.13. The molecule has 0 radical (unpaired) electrons. The molecule has 1 aliphatic rings. The molecule has 0 bridgehead atoms. The van der Waals surface area contributed by atoms with Crippen LogP contribution in [-0.2, 0) is 9.59 Å². The predicted octanol–water partition coefficient (Wildman–Crippen LogP) is 3.25. The highest BCUT2D eigenvalue weighted by atomic mass is 35.5.